The molecule has 1 aliphatic rings. The van der Waals surface area contributed by atoms with E-state index >= 15 is 0 Å². The van der Waals surface area contributed by atoms with E-state index in [1.807, 2.05) is 31.2 Å². The lowest BCUT2D eigenvalue weighted by Gasteiger charge is -2.25. The maximum Gasteiger partial charge on any atom is 0.291 e. The number of fused-ring (bicyclic) bond motifs is 2. The van der Waals surface area contributed by atoms with Gasteiger partial charge in [-0.15, -0.1) is 0 Å². The van der Waals surface area contributed by atoms with Gasteiger partial charge in [-0.2, -0.15) is 0 Å². The first-order valence-electron chi connectivity index (χ1n) is 9.81. The van der Waals surface area contributed by atoms with Crippen LogP contribution in [0.25, 0.3) is 11.0 Å². The van der Waals surface area contributed by atoms with Crippen molar-refractivity contribution in [3.05, 3.63) is 116 Å². The molecule has 154 valence electrons. The van der Waals surface area contributed by atoms with E-state index in [1.54, 1.807) is 35.2 Å². The van der Waals surface area contributed by atoms with Gasteiger partial charge in [0.05, 0.1) is 17.0 Å². The zero-order chi connectivity index (χ0) is 21.7. The number of hydrogen-bond donors (Lipinski definition) is 0. The highest BCUT2D eigenvalue weighted by atomic mass is 35.5. The molecule has 0 saturated carbocycles. The molecular formula is C25H17ClFNO3. The van der Waals surface area contributed by atoms with Gasteiger partial charge in [0.25, 0.3) is 5.91 Å². The predicted octanol–water partition coefficient (Wildman–Crippen LogP) is 5.64. The molecule has 0 aliphatic carbocycles. The quantitative estimate of drug-likeness (QED) is 0.420. The van der Waals surface area contributed by atoms with E-state index in [9.17, 15) is 14.0 Å². The summed E-state index contributed by atoms with van der Waals surface area (Å²) in [5.74, 6) is -0.779. The molecule has 1 amide bonds. The Labute approximate surface area is 182 Å². The number of halogens is 2. The van der Waals surface area contributed by atoms with Crippen molar-refractivity contribution < 1.29 is 13.6 Å². The molecular weight excluding hydrogens is 417 g/mol. The van der Waals surface area contributed by atoms with Gasteiger partial charge in [-0.1, -0.05) is 53.6 Å². The zero-order valence-corrected chi connectivity index (χ0v) is 17.3. The summed E-state index contributed by atoms with van der Waals surface area (Å²) < 4.78 is 19.5. The van der Waals surface area contributed by atoms with Gasteiger partial charge in [0.2, 0.25) is 5.76 Å². The Bertz CT molecular complexity index is 1390. The molecule has 0 bridgehead atoms. The standard InChI is InChI=1S/C25H17ClFNO3/c1-14-6-11-20-18(12-14)23(29)21-22(15-7-9-17(27)10-8-15)28(25(30)24(21)31-20)13-16-4-2-3-5-19(16)26/h2-12,22H,13H2,1H3. The van der Waals surface area contributed by atoms with Crippen LogP contribution in [0.4, 0.5) is 4.39 Å². The third kappa shape index (κ3) is 3.22. The zero-order valence-electron chi connectivity index (χ0n) is 16.6. The van der Waals surface area contributed by atoms with E-state index in [2.05, 4.69) is 0 Å². The first-order chi connectivity index (χ1) is 14.9. The van der Waals surface area contributed by atoms with Crippen molar-refractivity contribution in [2.45, 2.75) is 19.5 Å². The second kappa shape index (κ2) is 7.36. The molecule has 6 heteroatoms. The summed E-state index contributed by atoms with van der Waals surface area (Å²) in [5, 5.41) is 0.933. The molecule has 1 aromatic heterocycles. The van der Waals surface area contributed by atoms with E-state index < -0.39 is 17.8 Å². The Kier molecular flexibility index (Phi) is 4.63. The Hall–Kier alpha value is -3.44. The number of carbonyl (C=O) groups is 1. The van der Waals surface area contributed by atoms with Gasteiger partial charge >= 0.3 is 0 Å². The molecule has 0 N–H and O–H groups in total. The molecule has 3 aromatic carbocycles. The van der Waals surface area contributed by atoms with Crippen LogP contribution >= 0.6 is 11.6 Å². The number of rotatable bonds is 3. The Morgan fingerprint density at radius 1 is 1.03 bits per heavy atom. The maximum absolute atomic E-state index is 13.6. The minimum Gasteiger partial charge on any atom is -0.450 e. The van der Waals surface area contributed by atoms with Crippen LogP contribution in [0.15, 0.2) is 75.9 Å². The van der Waals surface area contributed by atoms with Crippen molar-refractivity contribution in [3.8, 4) is 0 Å². The van der Waals surface area contributed by atoms with E-state index in [4.69, 9.17) is 16.0 Å². The monoisotopic (exact) mass is 433 g/mol. The topological polar surface area (TPSA) is 50.5 Å². The number of amides is 1. The summed E-state index contributed by atoms with van der Waals surface area (Å²) >= 11 is 6.34. The van der Waals surface area contributed by atoms with Gasteiger partial charge in [-0.25, -0.2) is 4.39 Å². The largest absolute Gasteiger partial charge is 0.450 e. The van der Waals surface area contributed by atoms with Gasteiger partial charge in [0.1, 0.15) is 11.4 Å². The minimum absolute atomic E-state index is 0.0164. The van der Waals surface area contributed by atoms with Crippen molar-refractivity contribution >= 4 is 28.5 Å². The van der Waals surface area contributed by atoms with Crippen molar-refractivity contribution in [1.29, 1.82) is 0 Å². The molecule has 1 aliphatic heterocycles. The minimum atomic E-state index is -0.708. The van der Waals surface area contributed by atoms with Gasteiger partial charge < -0.3 is 9.32 Å². The lowest BCUT2D eigenvalue weighted by atomic mass is 9.98. The molecule has 0 saturated heterocycles. The van der Waals surface area contributed by atoms with Crippen LogP contribution < -0.4 is 5.43 Å². The van der Waals surface area contributed by atoms with Crippen LogP contribution in [0.3, 0.4) is 0 Å². The summed E-state index contributed by atoms with van der Waals surface area (Å²) in [5.41, 5.74) is 2.65. The molecule has 4 nitrogen and oxygen atoms in total. The molecule has 5 rings (SSSR count). The summed E-state index contributed by atoms with van der Waals surface area (Å²) in [6.07, 6.45) is 0. The molecule has 0 radical (unpaired) electrons. The molecule has 4 aromatic rings. The highest BCUT2D eigenvalue weighted by molar-refractivity contribution is 6.31. The lowest BCUT2D eigenvalue weighted by molar-refractivity contribution is 0.0714. The van der Waals surface area contributed by atoms with Crippen molar-refractivity contribution in [2.24, 2.45) is 0 Å². The number of nitrogens with zero attached hydrogens (tertiary/aromatic N) is 1. The molecule has 2 heterocycles. The summed E-state index contributed by atoms with van der Waals surface area (Å²) in [6, 6.07) is 17.6. The third-order valence-corrected chi connectivity index (χ3v) is 5.97. The van der Waals surface area contributed by atoms with Gasteiger partial charge in [-0.05, 0) is 48.4 Å². The molecule has 1 atom stereocenters. The van der Waals surface area contributed by atoms with Gasteiger partial charge in [0.15, 0.2) is 5.43 Å². The van der Waals surface area contributed by atoms with Crippen LogP contribution in [-0.4, -0.2) is 10.8 Å². The number of carbonyl (C=O) groups excluding carboxylic acids is 1. The highest BCUT2D eigenvalue weighted by Gasteiger charge is 2.42. The van der Waals surface area contributed by atoms with Crippen molar-refractivity contribution in [2.75, 3.05) is 0 Å². The van der Waals surface area contributed by atoms with E-state index in [0.29, 0.717) is 21.6 Å². The van der Waals surface area contributed by atoms with E-state index in [0.717, 1.165) is 11.1 Å². The molecule has 0 spiro atoms. The van der Waals surface area contributed by atoms with Crippen molar-refractivity contribution in [1.82, 2.24) is 4.90 Å². The molecule has 31 heavy (non-hydrogen) atoms. The molecule has 1 unspecified atom stereocenters. The normalized spacial score (nSPS) is 15.5. The SMILES string of the molecule is Cc1ccc2oc3c(c(=O)c2c1)C(c1ccc(F)cc1)N(Cc1ccccc1Cl)C3=O. The predicted molar refractivity (Wildman–Crippen MR) is 117 cm³/mol. The van der Waals surface area contributed by atoms with Gasteiger partial charge in [0, 0.05) is 11.6 Å². The number of benzene rings is 3. The smallest absolute Gasteiger partial charge is 0.291 e. The average Bonchev–Trinajstić information content (AvgIpc) is 3.03. The first kappa shape index (κ1) is 19.5. The first-order valence-corrected chi connectivity index (χ1v) is 10.2. The summed E-state index contributed by atoms with van der Waals surface area (Å²) in [6.45, 7) is 2.07. The van der Waals surface area contributed by atoms with Gasteiger partial charge in [-0.3, -0.25) is 9.59 Å². The van der Waals surface area contributed by atoms with Crippen LogP contribution in [0.5, 0.6) is 0 Å². The van der Waals surface area contributed by atoms with Crippen LogP contribution in [-0.2, 0) is 6.54 Å². The lowest BCUT2D eigenvalue weighted by Crippen LogP contribution is -2.29. The highest BCUT2D eigenvalue weighted by Crippen LogP contribution is 2.39. The van der Waals surface area contributed by atoms with Crippen LogP contribution in [0.2, 0.25) is 5.02 Å². The third-order valence-electron chi connectivity index (χ3n) is 5.61. The second-order valence-corrected chi connectivity index (χ2v) is 8.06. The summed E-state index contributed by atoms with van der Waals surface area (Å²) in [7, 11) is 0. The fraction of sp³-hybridized carbons (Fsp3) is 0.120. The fourth-order valence-electron chi connectivity index (χ4n) is 4.10. The maximum atomic E-state index is 13.6. The van der Waals surface area contributed by atoms with Crippen LogP contribution in [0.1, 0.15) is 38.9 Å². The Balaban J connectivity index is 1.74. The fourth-order valence-corrected chi connectivity index (χ4v) is 4.29. The number of aryl methyl sites for hydroxylation is 1. The second-order valence-electron chi connectivity index (χ2n) is 7.65. The Morgan fingerprint density at radius 2 is 1.77 bits per heavy atom. The number of hydrogen-bond acceptors (Lipinski definition) is 3. The van der Waals surface area contributed by atoms with E-state index in [1.165, 1.54) is 12.1 Å². The van der Waals surface area contributed by atoms with Crippen molar-refractivity contribution in [3.63, 3.8) is 0 Å². The Morgan fingerprint density at radius 3 is 2.52 bits per heavy atom. The molecule has 0 fully saturated rings. The summed E-state index contributed by atoms with van der Waals surface area (Å²) in [4.78, 5) is 28.4. The average molecular weight is 434 g/mol. The van der Waals surface area contributed by atoms with Crippen LogP contribution in [0, 0.1) is 12.7 Å². The van der Waals surface area contributed by atoms with E-state index in [-0.39, 0.29) is 23.3 Å².